The average molecular weight is 281 g/mol. The second-order valence-electron chi connectivity index (χ2n) is 5.13. The van der Waals surface area contributed by atoms with Crippen molar-refractivity contribution in [2.45, 2.75) is 39.7 Å². The molecule has 1 atom stereocenters. The van der Waals surface area contributed by atoms with Crippen LogP contribution in [0.15, 0.2) is 5.38 Å². The zero-order chi connectivity index (χ0) is 14.0. The van der Waals surface area contributed by atoms with Crippen LogP contribution >= 0.6 is 11.3 Å². The van der Waals surface area contributed by atoms with Crippen molar-refractivity contribution in [1.82, 2.24) is 9.88 Å². The molecule has 19 heavy (non-hydrogen) atoms. The fraction of sp³-hybridized carbons (Fsp3) is 0.615. The zero-order valence-corrected chi connectivity index (χ0v) is 12.3. The molecule has 1 unspecified atom stereocenters. The van der Waals surface area contributed by atoms with E-state index >= 15 is 0 Å². The number of carbonyl (C=O) groups excluding carboxylic acids is 2. The van der Waals surface area contributed by atoms with Crippen LogP contribution in [-0.4, -0.2) is 34.3 Å². The first-order valence-corrected chi connectivity index (χ1v) is 7.40. The van der Waals surface area contributed by atoms with Crippen LogP contribution < -0.4 is 5.32 Å². The molecule has 1 aromatic rings. The molecule has 0 saturated carbocycles. The molecule has 0 aliphatic carbocycles. The summed E-state index contributed by atoms with van der Waals surface area (Å²) in [6, 6.07) is -0.348. The molecule has 1 aliphatic heterocycles. The number of nitrogens with zero attached hydrogens (tertiary/aromatic N) is 2. The number of amides is 2. The maximum Gasteiger partial charge on any atom is 0.248 e. The highest BCUT2D eigenvalue weighted by Gasteiger charge is 2.35. The van der Waals surface area contributed by atoms with Crippen LogP contribution in [0.25, 0.3) is 0 Å². The zero-order valence-electron chi connectivity index (χ0n) is 11.5. The summed E-state index contributed by atoms with van der Waals surface area (Å²) in [6.07, 6.45) is 1.61. The summed E-state index contributed by atoms with van der Waals surface area (Å²) in [6.45, 7) is 6.28. The van der Waals surface area contributed by atoms with Gasteiger partial charge in [0.25, 0.3) is 0 Å². The molecular weight excluding hydrogens is 262 g/mol. The number of aromatic nitrogens is 1. The lowest BCUT2D eigenvalue weighted by Crippen LogP contribution is -2.44. The predicted octanol–water partition coefficient (Wildman–Crippen LogP) is 2.04. The molecule has 1 N–H and O–H groups in total. The summed E-state index contributed by atoms with van der Waals surface area (Å²) in [4.78, 5) is 30.2. The van der Waals surface area contributed by atoms with Crippen molar-refractivity contribution >= 4 is 28.3 Å². The average Bonchev–Trinajstić information content (AvgIpc) is 2.96. The van der Waals surface area contributed by atoms with Crippen LogP contribution in [-0.2, 0) is 9.59 Å². The van der Waals surface area contributed by atoms with Crippen LogP contribution in [0.2, 0.25) is 0 Å². The molecule has 1 aliphatic rings. The molecule has 0 bridgehead atoms. The molecule has 1 aromatic heterocycles. The Morgan fingerprint density at radius 2 is 2.26 bits per heavy atom. The third kappa shape index (κ3) is 3.12. The van der Waals surface area contributed by atoms with Gasteiger partial charge in [-0.15, -0.1) is 11.3 Å². The molecular formula is C13H19N3O2S. The van der Waals surface area contributed by atoms with E-state index in [2.05, 4.69) is 10.3 Å². The lowest BCUT2D eigenvalue weighted by atomic mass is 10.1. The van der Waals surface area contributed by atoms with Crippen molar-refractivity contribution in [3.05, 3.63) is 11.1 Å². The van der Waals surface area contributed by atoms with Gasteiger partial charge in [-0.2, -0.15) is 0 Å². The first-order chi connectivity index (χ1) is 8.99. The van der Waals surface area contributed by atoms with Gasteiger partial charge in [0.1, 0.15) is 6.04 Å². The van der Waals surface area contributed by atoms with Gasteiger partial charge in [-0.3, -0.25) is 9.59 Å². The van der Waals surface area contributed by atoms with Crippen molar-refractivity contribution in [3.8, 4) is 0 Å². The highest BCUT2D eigenvalue weighted by molar-refractivity contribution is 7.13. The van der Waals surface area contributed by atoms with E-state index in [4.69, 9.17) is 0 Å². The molecule has 5 nitrogen and oxygen atoms in total. The van der Waals surface area contributed by atoms with E-state index < -0.39 is 0 Å². The normalized spacial score (nSPS) is 18.9. The second-order valence-corrected chi connectivity index (χ2v) is 5.99. The molecule has 2 heterocycles. The minimum atomic E-state index is -0.348. The smallest absolute Gasteiger partial charge is 0.248 e. The van der Waals surface area contributed by atoms with Gasteiger partial charge in [0.2, 0.25) is 11.8 Å². The van der Waals surface area contributed by atoms with Crippen molar-refractivity contribution in [3.63, 3.8) is 0 Å². The second kappa shape index (κ2) is 5.69. The number of carbonyl (C=O) groups is 2. The minimum absolute atomic E-state index is 0.0490. The number of hydrogen-bond acceptors (Lipinski definition) is 4. The molecule has 2 amide bonds. The van der Waals surface area contributed by atoms with Gasteiger partial charge >= 0.3 is 0 Å². The maximum absolute atomic E-state index is 12.2. The van der Waals surface area contributed by atoms with E-state index in [0.29, 0.717) is 11.7 Å². The van der Waals surface area contributed by atoms with Crippen molar-refractivity contribution < 1.29 is 9.59 Å². The van der Waals surface area contributed by atoms with E-state index in [1.165, 1.54) is 11.3 Å². The highest BCUT2D eigenvalue weighted by Crippen LogP contribution is 2.22. The van der Waals surface area contributed by atoms with E-state index in [1.807, 2.05) is 26.2 Å². The summed E-state index contributed by atoms with van der Waals surface area (Å²) >= 11 is 1.41. The van der Waals surface area contributed by atoms with Crippen molar-refractivity contribution in [2.24, 2.45) is 5.92 Å². The van der Waals surface area contributed by atoms with Gasteiger partial charge in [0, 0.05) is 17.8 Å². The topological polar surface area (TPSA) is 62.3 Å². The molecule has 2 rings (SSSR count). The number of thiazole rings is 1. The van der Waals surface area contributed by atoms with Gasteiger partial charge in [0.05, 0.1) is 5.69 Å². The SMILES string of the molecule is Cc1csc(NC(=O)C2CCCN2C(=O)C(C)C)n1. The Bertz CT molecular complexity index is 484. The summed E-state index contributed by atoms with van der Waals surface area (Å²) < 4.78 is 0. The van der Waals surface area contributed by atoms with Gasteiger partial charge in [-0.25, -0.2) is 4.98 Å². The number of nitrogens with one attached hydrogen (secondary N) is 1. The number of aryl methyl sites for hydroxylation is 1. The predicted molar refractivity (Wildman–Crippen MR) is 75.1 cm³/mol. The quantitative estimate of drug-likeness (QED) is 0.922. The summed E-state index contributed by atoms with van der Waals surface area (Å²) in [5.74, 6) is -0.149. The monoisotopic (exact) mass is 281 g/mol. The minimum Gasteiger partial charge on any atom is -0.330 e. The molecule has 0 spiro atoms. The van der Waals surface area contributed by atoms with Gasteiger partial charge in [0.15, 0.2) is 5.13 Å². The van der Waals surface area contributed by atoms with Gasteiger partial charge in [-0.1, -0.05) is 13.8 Å². The van der Waals surface area contributed by atoms with E-state index in [-0.39, 0.29) is 23.8 Å². The molecule has 104 valence electrons. The van der Waals surface area contributed by atoms with Crippen LogP contribution in [0, 0.1) is 12.8 Å². The maximum atomic E-state index is 12.2. The molecule has 0 radical (unpaired) electrons. The van der Waals surface area contributed by atoms with Gasteiger partial charge < -0.3 is 10.2 Å². The lowest BCUT2D eigenvalue weighted by Gasteiger charge is -2.25. The molecule has 1 fully saturated rings. The molecule has 6 heteroatoms. The van der Waals surface area contributed by atoms with Crippen molar-refractivity contribution in [1.29, 1.82) is 0 Å². The summed E-state index contributed by atoms with van der Waals surface area (Å²) in [7, 11) is 0. The Labute approximate surface area is 117 Å². The van der Waals surface area contributed by atoms with Gasteiger partial charge in [-0.05, 0) is 19.8 Å². The number of anilines is 1. The summed E-state index contributed by atoms with van der Waals surface area (Å²) in [5.41, 5.74) is 0.891. The van der Waals surface area contributed by atoms with Crippen molar-refractivity contribution in [2.75, 3.05) is 11.9 Å². The lowest BCUT2D eigenvalue weighted by molar-refractivity contribution is -0.139. The molecule has 1 saturated heterocycles. The number of likely N-dealkylation sites (tertiary alicyclic amines) is 1. The third-order valence-electron chi connectivity index (χ3n) is 3.18. The Morgan fingerprint density at radius 1 is 1.53 bits per heavy atom. The standard InChI is InChI=1S/C13H19N3O2S/c1-8(2)12(18)16-6-4-5-10(16)11(17)15-13-14-9(3)7-19-13/h7-8,10H,4-6H2,1-3H3,(H,14,15,17). The fourth-order valence-corrected chi connectivity index (χ4v) is 2.93. The first-order valence-electron chi connectivity index (χ1n) is 6.52. The Kier molecular flexibility index (Phi) is 4.19. The largest absolute Gasteiger partial charge is 0.330 e. The van der Waals surface area contributed by atoms with E-state index in [1.54, 1.807) is 4.90 Å². The summed E-state index contributed by atoms with van der Waals surface area (Å²) in [5, 5.41) is 5.30. The number of rotatable bonds is 3. The van der Waals surface area contributed by atoms with Crippen LogP contribution in [0.1, 0.15) is 32.4 Å². The first kappa shape index (κ1) is 14.0. The highest BCUT2D eigenvalue weighted by atomic mass is 32.1. The Balaban J connectivity index is 2.03. The van der Waals surface area contributed by atoms with Crippen LogP contribution in [0.4, 0.5) is 5.13 Å². The van der Waals surface area contributed by atoms with E-state index in [9.17, 15) is 9.59 Å². The van der Waals surface area contributed by atoms with E-state index in [0.717, 1.165) is 18.5 Å². The number of hydrogen-bond donors (Lipinski definition) is 1. The third-order valence-corrected chi connectivity index (χ3v) is 4.06. The molecule has 0 aromatic carbocycles. The fourth-order valence-electron chi connectivity index (χ4n) is 2.23. The Hall–Kier alpha value is -1.43. The van der Waals surface area contributed by atoms with Crippen LogP contribution in [0.3, 0.4) is 0 Å². The Morgan fingerprint density at radius 3 is 2.84 bits per heavy atom. The van der Waals surface area contributed by atoms with Crippen LogP contribution in [0.5, 0.6) is 0 Å².